The van der Waals surface area contributed by atoms with Crippen molar-refractivity contribution in [3.8, 4) is 11.4 Å². The molecule has 35 heavy (non-hydrogen) atoms. The van der Waals surface area contributed by atoms with Crippen LogP contribution in [0.2, 0.25) is 0 Å². The smallest absolute Gasteiger partial charge is 0.255 e. The number of amides is 1. The minimum absolute atomic E-state index is 0.157. The molecule has 5 rings (SSSR count). The summed E-state index contributed by atoms with van der Waals surface area (Å²) in [5.41, 5.74) is 10.3. The summed E-state index contributed by atoms with van der Waals surface area (Å²) in [6.07, 6.45) is 4.81. The summed E-state index contributed by atoms with van der Waals surface area (Å²) >= 11 is 0. The van der Waals surface area contributed by atoms with Crippen molar-refractivity contribution in [2.45, 2.75) is 19.9 Å². The largest absolute Gasteiger partial charge is 0.481 e. The number of aryl methyl sites for hydroxylation is 1. The molecule has 1 fully saturated rings. The summed E-state index contributed by atoms with van der Waals surface area (Å²) in [7, 11) is 0. The Balaban J connectivity index is 1.35. The first-order valence-corrected chi connectivity index (χ1v) is 12.0. The fraction of sp³-hybridized carbons (Fsp3) is 0.296. The van der Waals surface area contributed by atoms with Crippen LogP contribution in [0, 0.1) is 6.92 Å². The number of hydrogen-bond acceptors (Lipinski definition) is 6. The van der Waals surface area contributed by atoms with Gasteiger partial charge in [-0.25, -0.2) is 4.68 Å². The molecule has 0 atom stereocenters. The Labute approximate surface area is 204 Å². The van der Waals surface area contributed by atoms with Gasteiger partial charge in [0, 0.05) is 50.5 Å². The van der Waals surface area contributed by atoms with E-state index in [2.05, 4.69) is 45.1 Å². The predicted octanol–water partition coefficient (Wildman–Crippen LogP) is 3.31. The Morgan fingerprint density at radius 3 is 2.74 bits per heavy atom. The molecule has 1 aliphatic rings. The molecule has 0 spiro atoms. The van der Waals surface area contributed by atoms with Crippen LogP contribution in [-0.2, 0) is 11.3 Å². The molecule has 2 N–H and O–H groups in total. The molecule has 8 nitrogen and oxygen atoms in total. The standard InChI is InChI=1S/C27H30N6O2/c1-20-17-21-7-5-11-29-25(21)26(27(20)35-19-24(28)34)32-13-6-12-31(15-16-32)18-22-10-14-33(30-22)23-8-3-2-4-9-23/h2-5,7-11,14,17H,6,12-13,15-16,18-19H2,1H3,(H2,28,34). The van der Waals surface area contributed by atoms with E-state index in [1.165, 1.54) is 0 Å². The van der Waals surface area contributed by atoms with E-state index >= 15 is 0 Å². The number of benzene rings is 2. The topological polar surface area (TPSA) is 89.5 Å². The zero-order chi connectivity index (χ0) is 24.2. The normalized spacial score (nSPS) is 14.7. The second-order valence-corrected chi connectivity index (χ2v) is 8.91. The van der Waals surface area contributed by atoms with Gasteiger partial charge in [-0.2, -0.15) is 5.10 Å². The number of aromatic nitrogens is 3. The van der Waals surface area contributed by atoms with E-state index < -0.39 is 5.91 Å². The Hall–Kier alpha value is -3.91. The highest BCUT2D eigenvalue weighted by Gasteiger charge is 2.23. The Morgan fingerprint density at radius 2 is 1.91 bits per heavy atom. The summed E-state index contributed by atoms with van der Waals surface area (Å²) in [4.78, 5) is 20.9. The van der Waals surface area contributed by atoms with E-state index in [0.29, 0.717) is 5.75 Å². The quantitative estimate of drug-likeness (QED) is 0.446. The van der Waals surface area contributed by atoms with Gasteiger partial charge in [-0.1, -0.05) is 24.3 Å². The maximum atomic E-state index is 11.5. The molecule has 0 radical (unpaired) electrons. The van der Waals surface area contributed by atoms with Crippen LogP contribution in [0.4, 0.5) is 5.69 Å². The highest BCUT2D eigenvalue weighted by molar-refractivity contribution is 5.95. The minimum atomic E-state index is -0.492. The second-order valence-electron chi connectivity index (χ2n) is 8.91. The van der Waals surface area contributed by atoms with Gasteiger partial charge >= 0.3 is 0 Å². The number of carbonyl (C=O) groups is 1. The lowest BCUT2D eigenvalue weighted by Crippen LogP contribution is -2.31. The van der Waals surface area contributed by atoms with Crippen LogP contribution >= 0.6 is 0 Å². The molecule has 2 aromatic carbocycles. The van der Waals surface area contributed by atoms with Crippen molar-refractivity contribution in [2.75, 3.05) is 37.7 Å². The van der Waals surface area contributed by atoms with Crippen molar-refractivity contribution in [1.82, 2.24) is 19.7 Å². The second kappa shape index (κ2) is 10.1. The summed E-state index contributed by atoms with van der Waals surface area (Å²) in [6.45, 7) is 6.19. The van der Waals surface area contributed by atoms with E-state index in [1.54, 1.807) is 6.20 Å². The van der Waals surface area contributed by atoms with Crippen molar-refractivity contribution < 1.29 is 9.53 Å². The van der Waals surface area contributed by atoms with Crippen molar-refractivity contribution >= 4 is 22.5 Å². The Bertz CT molecular complexity index is 1320. The third-order valence-corrected chi connectivity index (χ3v) is 6.32. The van der Waals surface area contributed by atoms with Gasteiger partial charge < -0.3 is 15.4 Å². The van der Waals surface area contributed by atoms with Crippen LogP contribution in [0.5, 0.6) is 5.75 Å². The van der Waals surface area contributed by atoms with Gasteiger partial charge in [-0.3, -0.25) is 14.7 Å². The number of ether oxygens (including phenoxy) is 1. The van der Waals surface area contributed by atoms with E-state index in [-0.39, 0.29) is 6.61 Å². The monoisotopic (exact) mass is 470 g/mol. The van der Waals surface area contributed by atoms with Crippen LogP contribution in [0.25, 0.3) is 16.6 Å². The summed E-state index contributed by atoms with van der Waals surface area (Å²) in [5, 5.41) is 5.83. The van der Waals surface area contributed by atoms with Gasteiger partial charge in [0.15, 0.2) is 6.61 Å². The molecule has 0 aliphatic carbocycles. The molecule has 8 heteroatoms. The van der Waals surface area contributed by atoms with Gasteiger partial charge in [-0.05, 0) is 49.2 Å². The first kappa shape index (κ1) is 22.9. The lowest BCUT2D eigenvalue weighted by molar-refractivity contribution is -0.119. The van der Waals surface area contributed by atoms with Gasteiger partial charge in [0.05, 0.1) is 16.9 Å². The number of hydrogen-bond donors (Lipinski definition) is 1. The molecule has 180 valence electrons. The molecule has 0 unspecified atom stereocenters. The molecule has 2 aromatic heterocycles. The molecule has 1 amide bonds. The molecular weight excluding hydrogens is 440 g/mol. The van der Waals surface area contributed by atoms with Crippen LogP contribution in [-0.4, -0.2) is 58.4 Å². The van der Waals surface area contributed by atoms with Crippen molar-refractivity contribution in [2.24, 2.45) is 5.73 Å². The predicted molar refractivity (Wildman–Crippen MR) is 137 cm³/mol. The summed E-state index contributed by atoms with van der Waals surface area (Å²) in [5.74, 6) is 0.193. The lowest BCUT2D eigenvalue weighted by Gasteiger charge is -2.27. The van der Waals surface area contributed by atoms with Crippen LogP contribution in [0.15, 0.2) is 67.0 Å². The average molecular weight is 471 g/mol. The highest BCUT2D eigenvalue weighted by Crippen LogP contribution is 2.39. The van der Waals surface area contributed by atoms with Crippen LogP contribution in [0.1, 0.15) is 17.7 Å². The number of nitrogens with two attached hydrogens (primary N) is 1. The fourth-order valence-electron chi connectivity index (χ4n) is 4.70. The molecule has 1 saturated heterocycles. The van der Waals surface area contributed by atoms with E-state index in [4.69, 9.17) is 15.6 Å². The number of para-hydroxylation sites is 1. The summed E-state index contributed by atoms with van der Waals surface area (Å²) in [6, 6.07) is 18.3. The van der Waals surface area contributed by atoms with E-state index in [0.717, 1.165) is 72.7 Å². The maximum absolute atomic E-state index is 11.5. The van der Waals surface area contributed by atoms with E-state index in [1.807, 2.05) is 42.1 Å². The molecule has 0 bridgehead atoms. The first-order valence-electron chi connectivity index (χ1n) is 12.0. The zero-order valence-corrected chi connectivity index (χ0v) is 19.9. The van der Waals surface area contributed by atoms with Crippen molar-refractivity contribution in [3.63, 3.8) is 0 Å². The van der Waals surface area contributed by atoms with Gasteiger partial charge in [0.1, 0.15) is 11.4 Å². The highest BCUT2D eigenvalue weighted by atomic mass is 16.5. The van der Waals surface area contributed by atoms with E-state index in [9.17, 15) is 4.79 Å². The average Bonchev–Trinajstić information content (AvgIpc) is 3.21. The first-order chi connectivity index (χ1) is 17.1. The van der Waals surface area contributed by atoms with Crippen LogP contribution < -0.4 is 15.4 Å². The molecular formula is C27H30N6O2. The number of nitrogens with zero attached hydrogens (tertiary/aromatic N) is 5. The fourth-order valence-corrected chi connectivity index (χ4v) is 4.70. The maximum Gasteiger partial charge on any atom is 0.255 e. The van der Waals surface area contributed by atoms with Gasteiger partial charge in [-0.15, -0.1) is 0 Å². The minimum Gasteiger partial charge on any atom is -0.481 e. The SMILES string of the molecule is Cc1cc2cccnc2c(N2CCCN(Cc3ccn(-c4ccccc4)n3)CC2)c1OCC(N)=O. The molecule has 0 saturated carbocycles. The molecule has 1 aliphatic heterocycles. The number of carbonyl (C=O) groups excluding carboxylic acids is 1. The Morgan fingerprint density at radius 1 is 1.06 bits per heavy atom. The van der Waals surface area contributed by atoms with Crippen LogP contribution in [0.3, 0.4) is 0 Å². The Kier molecular flexibility index (Phi) is 6.63. The number of pyridine rings is 1. The number of rotatable bonds is 7. The molecule has 3 heterocycles. The summed E-state index contributed by atoms with van der Waals surface area (Å²) < 4.78 is 7.84. The number of fused-ring (bicyclic) bond motifs is 1. The van der Waals surface area contributed by atoms with Gasteiger partial charge in [0.25, 0.3) is 5.91 Å². The van der Waals surface area contributed by atoms with Gasteiger partial charge in [0.2, 0.25) is 0 Å². The van der Waals surface area contributed by atoms with Crippen molar-refractivity contribution in [1.29, 1.82) is 0 Å². The molecule has 4 aromatic rings. The number of anilines is 1. The number of primary amides is 1. The third kappa shape index (κ3) is 5.12. The van der Waals surface area contributed by atoms with Crippen molar-refractivity contribution in [3.05, 3.63) is 78.2 Å². The zero-order valence-electron chi connectivity index (χ0n) is 19.9. The third-order valence-electron chi connectivity index (χ3n) is 6.32. The lowest BCUT2D eigenvalue weighted by atomic mass is 10.1.